The minimum atomic E-state index is 0.645. The number of rotatable bonds is 4. The average molecular weight is 322 g/mol. The molecule has 0 bridgehead atoms. The van der Waals surface area contributed by atoms with E-state index in [9.17, 15) is 0 Å². The summed E-state index contributed by atoms with van der Waals surface area (Å²) in [7, 11) is 0. The first kappa shape index (κ1) is 14.5. The van der Waals surface area contributed by atoms with E-state index in [-0.39, 0.29) is 0 Å². The highest BCUT2D eigenvalue weighted by atomic mass is 32.1. The van der Waals surface area contributed by atoms with Gasteiger partial charge in [-0.2, -0.15) is 0 Å². The Bertz CT molecular complexity index is 757. The molecule has 0 aliphatic carbocycles. The number of hydrogen-bond donors (Lipinski definition) is 0. The molecule has 2 aromatic heterocycles. The van der Waals surface area contributed by atoms with Crippen LogP contribution < -0.4 is 0 Å². The van der Waals surface area contributed by atoms with Gasteiger partial charge in [-0.3, -0.25) is 4.90 Å². The van der Waals surface area contributed by atoms with Crippen LogP contribution in [0.3, 0.4) is 0 Å². The Hall–Kier alpha value is -2.11. The fraction of sp³-hybridized carbons (Fsp3) is 0.278. The van der Waals surface area contributed by atoms with Crippen LogP contribution in [0.4, 0.5) is 0 Å². The highest BCUT2D eigenvalue weighted by Gasteiger charge is 2.24. The first-order chi connectivity index (χ1) is 11.4. The van der Waals surface area contributed by atoms with Crippen LogP contribution in [0.15, 0.2) is 54.2 Å². The van der Waals surface area contributed by atoms with Gasteiger partial charge in [-0.1, -0.05) is 30.3 Å². The molecule has 116 valence electrons. The van der Waals surface area contributed by atoms with Crippen molar-refractivity contribution in [1.29, 1.82) is 0 Å². The van der Waals surface area contributed by atoms with E-state index in [4.69, 9.17) is 4.98 Å². The molecular formula is C18H18N4S. The monoisotopic (exact) mass is 322 g/mol. The highest BCUT2D eigenvalue weighted by molar-refractivity contribution is 7.13. The van der Waals surface area contributed by atoms with Crippen LogP contribution in [-0.2, 0) is 6.54 Å². The molecule has 23 heavy (non-hydrogen) atoms. The van der Waals surface area contributed by atoms with Crippen LogP contribution in [0.1, 0.15) is 23.6 Å². The molecule has 1 unspecified atom stereocenters. The fourth-order valence-corrected chi connectivity index (χ4v) is 3.85. The average Bonchev–Trinajstić information content (AvgIpc) is 3.27. The SMILES string of the molecule is c1ccc(C2CCN(Cc3csc(-c4ncccn4)n3)C2)cc1. The van der Waals surface area contributed by atoms with E-state index in [1.165, 1.54) is 12.0 Å². The van der Waals surface area contributed by atoms with Gasteiger partial charge < -0.3 is 0 Å². The quantitative estimate of drug-likeness (QED) is 0.736. The third-order valence-corrected chi connectivity index (χ3v) is 5.12. The molecular weight excluding hydrogens is 304 g/mol. The summed E-state index contributed by atoms with van der Waals surface area (Å²) in [4.78, 5) is 15.7. The Morgan fingerprint density at radius 3 is 2.74 bits per heavy atom. The minimum absolute atomic E-state index is 0.645. The standard InChI is InChI=1S/C18H18N4S/c1-2-5-14(6-3-1)15-7-10-22(11-15)12-16-13-23-18(21-16)17-19-8-4-9-20-17/h1-6,8-9,13,15H,7,10-12H2. The third-order valence-electron chi connectivity index (χ3n) is 4.24. The van der Waals surface area contributed by atoms with Crippen LogP contribution in [0.2, 0.25) is 0 Å². The maximum absolute atomic E-state index is 4.69. The van der Waals surface area contributed by atoms with Crippen molar-refractivity contribution >= 4 is 11.3 Å². The molecule has 1 aromatic carbocycles. The maximum atomic E-state index is 4.69. The summed E-state index contributed by atoms with van der Waals surface area (Å²) in [5, 5.41) is 3.03. The number of benzene rings is 1. The largest absolute Gasteiger partial charge is 0.297 e. The van der Waals surface area contributed by atoms with E-state index in [0.29, 0.717) is 11.7 Å². The zero-order valence-corrected chi connectivity index (χ0v) is 13.6. The highest BCUT2D eigenvalue weighted by Crippen LogP contribution is 2.28. The molecule has 5 heteroatoms. The Morgan fingerprint density at radius 2 is 1.91 bits per heavy atom. The maximum Gasteiger partial charge on any atom is 0.188 e. The Morgan fingerprint density at radius 1 is 1.09 bits per heavy atom. The Kier molecular flexibility index (Phi) is 4.13. The fourth-order valence-electron chi connectivity index (χ4n) is 3.09. The van der Waals surface area contributed by atoms with Crippen LogP contribution in [0.5, 0.6) is 0 Å². The van der Waals surface area contributed by atoms with E-state index in [0.717, 1.165) is 30.3 Å². The predicted molar refractivity (Wildman–Crippen MR) is 92.2 cm³/mol. The van der Waals surface area contributed by atoms with Crippen LogP contribution in [-0.4, -0.2) is 32.9 Å². The molecule has 1 atom stereocenters. The predicted octanol–water partition coefficient (Wildman–Crippen LogP) is 3.59. The summed E-state index contributed by atoms with van der Waals surface area (Å²) in [5.74, 6) is 1.36. The Labute approximate surface area is 139 Å². The minimum Gasteiger partial charge on any atom is -0.297 e. The lowest BCUT2D eigenvalue weighted by atomic mass is 9.99. The first-order valence-electron chi connectivity index (χ1n) is 7.87. The molecule has 0 radical (unpaired) electrons. The number of likely N-dealkylation sites (tertiary alicyclic amines) is 1. The summed E-state index contributed by atoms with van der Waals surface area (Å²) in [6.07, 6.45) is 4.74. The van der Waals surface area contributed by atoms with Gasteiger partial charge in [0.05, 0.1) is 5.69 Å². The van der Waals surface area contributed by atoms with Crippen molar-refractivity contribution < 1.29 is 0 Å². The molecule has 1 saturated heterocycles. The molecule has 0 saturated carbocycles. The molecule has 4 rings (SSSR count). The van der Waals surface area contributed by atoms with Gasteiger partial charge in [-0.15, -0.1) is 11.3 Å². The number of thiazole rings is 1. The van der Waals surface area contributed by atoms with Crippen molar-refractivity contribution in [2.24, 2.45) is 0 Å². The molecule has 1 fully saturated rings. The molecule has 3 heterocycles. The smallest absolute Gasteiger partial charge is 0.188 e. The van der Waals surface area contributed by atoms with Gasteiger partial charge in [-0.25, -0.2) is 15.0 Å². The molecule has 0 spiro atoms. The third kappa shape index (κ3) is 3.30. The topological polar surface area (TPSA) is 41.9 Å². The van der Waals surface area contributed by atoms with Crippen molar-refractivity contribution in [3.05, 3.63) is 65.4 Å². The number of nitrogens with zero attached hydrogens (tertiary/aromatic N) is 4. The van der Waals surface area contributed by atoms with Gasteiger partial charge >= 0.3 is 0 Å². The summed E-state index contributed by atoms with van der Waals surface area (Å²) >= 11 is 1.62. The van der Waals surface area contributed by atoms with E-state index < -0.39 is 0 Å². The zero-order valence-electron chi connectivity index (χ0n) is 12.8. The zero-order chi connectivity index (χ0) is 15.5. The first-order valence-corrected chi connectivity index (χ1v) is 8.75. The second-order valence-electron chi connectivity index (χ2n) is 5.85. The van der Waals surface area contributed by atoms with Crippen LogP contribution >= 0.6 is 11.3 Å². The van der Waals surface area contributed by atoms with Crippen molar-refractivity contribution in [3.8, 4) is 10.8 Å². The molecule has 4 nitrogen and oxygen atoms in total. The lowest BCUT2D eigenvalue weighted by Crippen LogP contribution is -2.19. The second kappa shape index (κ2) is 6.56. The normalized spacial score (nSPS) is 18.3. The van der Waals surface area contributed by atoms with Crippen LogP contribution in [0, 0.1) is 0 Å². The lowest BCUT2D eigenvalue weighted by Gasteiger charge is -2.14. The van der Waals surface area contributed by atoms with E-state index >= 15 is 0 Å². The van der Waals surface area contributed by atoms with Gasteiger partial charge in [0.25, 0.3) is 0 Å². The van der Waals surface area contributed by atoms with Crippen LogP contribution in [0.25, 0.3) is 10.8 Å². The summed E-state index contributed by atoms with van der Waals surface area (Å²) in [6.45, 7) is 3.15. The summed E-state index contributed by atoms with van der Waals surface area (Å²) in [5.41, 5.74) is 2.57. The molecule has 0 amide bonds. The van der Waals surface area contributed by atoms with Crippen molar-refractivity contribution in [3.63, 3.8) is 0 Å². The second-order valence-corrected chi connectivity index (χ2v) is 6.71. The number of hydrogen-bond acceptors (Lipinski definition) is 5. The Balaban J connectivity index is 1.41. The van der Waals surface area contributed by atoms with E-state index in [2.05, 4.69) is 50.6 Å². The summed E-state index contributed by atoms with van der Waals surface area (Å²) in [6, 6.07) is 12.6. The molecule has 1 aliphatic heterocycles. The van der Waals surface area contributed by atoms with Crippen molar-refractivity contribution in [2.75, 3.05) is 13.1 Å². The van der Waals surface area contributed by atoms with E-state index in [1.807, 2.05) is 6.07 Å². The summed E-state index contributed by atoms with van der Waals surface area (Å²) < 4.78 is 0. The van der Waals surface area contributed by atoms with Gasteiger partial charge in [0, 0.05) is 30.9 Å². The van der Waals surface area contributed by atoms with Gasteiger partial charge in [-0.05, 0) is 30.5 Å². The van der Waals surface area contributed by atoms with Crippen molar-refractivity contribution in [2.45, 2.75) is 18.9 Å². The van der Waals surface area contributed by atoms with E-state index in [1.54, 1.807) is 23.7 Å². The lowest BCUT2D eigenvalue weighted by molar-refractivity contribution is 0.323. The molecule has 3 aromatic rings. The molecule has 0 N–H and O–H groups in total. The van der Waals surface area contributed by atoms with Crippen molar-refractivity contribution in [1.82, 2.24) is 19.9 Å². The van der Waals surface area contributed by atoms with Gasteiger partial charge in [0.2, 0.25) is 0 Å². The van der Waals surface area contributed by atoms with Gasteiger partial charge in [0.15, 0.2) is 10.8 Å². The molecule has 1 aliphatic rings. The number of aromatic nitrogens is 3. The van der Waals surface area contributed by atoms with Gasteiger partial charge in [0.1, 0.15) is 0 Å².